The van der Waals surface area contributed by atoms with Crippen LogP contribution in [-0.4, -0.2) is 5.97 Å². The molecule has 0 unspecified atom stereocenters. The van der Waals surface area contributed by atoms with Crippen molar-refractivity contribution in [1.29, 1.82) is 0 Å². The third-order valence-corrected chi connectivity index (χ3v) is 2.50. The molecular formula is C14H11F2NO2. The van der Waals surface area contributed by atoms with Crippen molar-refractivity contribution in [2.24, 2.45) is 0 Å². The number of nitrogen functional groups attached to an aromatic ring is 1. The van der Waals surface area contributed by atoms with Crippen molar-refractivity contribution in [1.82, 2.24) is 0 Å². The van der Waals surface area contributed by atoms with E-state index in [-0.39, 0.29) is 6.61 Å². The van der Waals surface area contributed by atoms with Crippen molar-refractivity contribution in [3.63, 3.8) is 0 Å². The van der Waals surface area contributed by atoms with E-state index in [1.165, 1.54) is 18.2 Å². The van der Waals surface area contributed by atoms with Gasteiger partial charge in [-0.2, -0.15) is 0 Å². The molecule has 5 heteroatoms. The Morgan fingerprint density at radius 3 is 2.37 bits per heavy atom. The van der Waals surface area contributed by atoms with Gasteiger partial charge in [0.05, 0.1) is 5.56 Å². The largest absolute Gasteiger partial charge is 0.457 e. The third kappa shape index (κ3) is 3.28. The average Bonchev–Trinajstić information content (AvgIpc) is 2.40. The minimum atomic E-state index is -0.971. The molecule has 0 aliphatic carbocycles. The molecule has 2 aromatic rings. The van der Waals surface area contributed by atoms with Gasteiger partial charge in [0.15, 0.2) is 11.6 Å². The molecule has 0 radical (unpaired) electrons. The molecule has 0 bridgehead atoms. The van der Waals surface area contributed by atoms with Gasteiger partial charge in [-0.05, 0) is 42.0 Å². The fourth-order valence-corrected chi connectivity index (χ4v) is 1.48. The molecule has 0 fully saturated rings. The minimum Gasteiger partial charge on any atom is -0.457 e. The molecule has 0 aliphatic rings. The predicted octanol–water partition coefficient (Wildman–Crippen LogP) is 2.90. The highest BCUT2D eigenvalue weighted by atomic mass is 19.2. The van der Waals surface area contributed by atoms with Crippen LogP contribution in [0.25, 0.3) is 0 Å². The first-order chi connectivity index (χ1) is 9.06. The smallest absolute Gasteiger partial charge is 0.338 e. The van der Waals surface area contributed by atoms with Crippen LogP contribution in [0.2, 0.25) is 0 Å². The number of halogens is 2. The number of anilines is 1. The monoisotopic (exact) mass is 263 g/mol. The van der Waals surface area contributed by atoms with E-state index >= 15 is 0 Å². The van der Waals surface area contributed by atoms with E-state index < -0.39 is 17.6 Å². The standard InChI is InChI=1S/C14H11F2NO2/c15-12-6-1-9(7-13(12)16)8-19-14(18)10-2-4-11(17)5-3-10/h1-7H,8,17H2. The molecule has 0 aromatic heterocycles. The Hall–Kier alpha value is -2.43. The first-order valence-corrected chi connectivity index (χ1v) is 5.53. The molecule has 2 aromatic carbocycles. The van der Waals surface area contributed by atoms with Gasteiger partial charge in [-0.1, -0.05) is 6.07 Å². The van der Waals surface area contributed by atoms with Crippen LogP contribution in [-0.2, 0) is 11.3 Å². The highest BCUT2D eigenvalue weighted by molar-refractivity contribution is 5.89. The van der Waals surface area contributed by atoms with Gasteiger partial charge >= 0.3 is 5.97 Å². The SMILES string of the molecule is Nc1ccc(C(=O)OCc2ccc(F)c(F)c2)cc1. The molecule has 0 atom stereocenters. The number of rotatable bonds is 3. The van der Waals surface area contributed by atoms with Gasteiger partial charge in [-0.3, -0.25) is 0 Å². The number of esters is 1. The number of carbonyl (C=O) groups is 1. The van der Waals surface area contributed by atoms with Crippen molar-refractivity contribution in [3.05, 3.63) is 65.2 Å². The molecule has 0 saturated carbocycles. The van der Waals surface area contributed by atoms with E-state index in [9.17, 15) is 13.6 Å². The number of benzene rings is 2. The molecule has 3 nitrogen and oxygen atoms in total. The van der Waals surface area contributed by atoms with Crippen molar-refractivity contribution >= 4 is 11.7 Å². The molecule has 0 saturated heterocycles. The zero-order valence-electron chi connectivity index (χ0n) is 9.90. The van der Waals surface area contributed by atoms with E-state index in [4.69, 9.17) is 10.5 Å². The molecule has 19 heavy (non-hydrogen) atoms. The van der Waals surface area contributed by atoms with Gasteiger partial charge in [0, 0.05) is 5.69 Å². The molecule has 0 heterocycles. The Labute approximate surface area is 108 Å². The third-order valence-electron chi connectivity index (χ3n) is 2.50. The van der Waals surface area contributed by atoms with Crippen LogP contribution in [0.15, 0.2) is 42.5 Å². The lowest BCUT2D eigenvalue weighted by atomic mass is 10.2. The topological polar surface area (TPSA) is 52.3 Å². The van der Waals surface area contributed by atoms with Gasteiger partial charge in [0.2, 0.25) is 0 Å². The number of ether oxygens (including phenoxy) is 1. The molecule has 0 aliphatic heterocycles. The highest BCUT2D eigenvalue weighted by Gasteiger charge is 2.08. The Bertz CT molecular complexity index is 597. The highest BCUT2D eigenvalue weighted by Crippen LogP contribution is 2.12. The van der Waals surface area contributed by atoms with Gasteiger partial charge in [0.1, 0.15) is 6.61 Å². The van der Waals surface area contributed by atoms with Crippen molar-refractivity contribution in [2.75, 3.05) is 5.73 Å². The second kappa shape index (κ2) is 5.48. The van der Waals surface area contributed by atoms with Gasteiger partial charge < -0.3 is 10.5 Å². The number of hydrogen-bond acceptors (Lipinski definition) is 3. The van der Waals surface area contributed by atoms with Crippen LogP contribution in [0.3, 0.4) is 0 Å². The summed E-state index contributed by atoms with van der Waals surface area (Å²) < 4.78 is 30.6. The van der Waals surface area contributed by atoms with E-state index in [0.29, 0.717) is 16.8 Å². The zero-order valence-corrected chi connectivity index (χ0v) is 9.90. The maximum atomic E-state index is 12.9. The number of nitrogens with two attached hydrogens (primary N) is 1. The van der Waals surface area contributed by atoms with Crippen LogP contribution >= 0.6 is 0 Å². The summed E-state index contributed by atoms with van der Waals surface area (Å²) in [6.07, 6.45) is 0. The lowest BCUT2D eigenvalue weighted by Gasteiger charge is -2.05. The second-order valence-electron chi connectivity index (χ2n) is 3.95. The summed E-state index contributed by atoms with van der Waals surface area (Å²) in [5, 5.41) is 0. The Kier molecular flexibility index (Phi) is 3.75. The van der Waals surface area contributed by atoms with E-state index in [1.54, 1.807) is 12.1 Å². The lowest BCUT2D eigenvalue weighted by Crippen LogP contribution is -2.05. The molecule has 0 amide bonds. The average molecular weight is 263 g/mol. The summed E-state index contributed by atoms with van der Waals surface area (Å²) in [5.41, 5.74) is 6.75. The first kappa shape index (κ1) is 13.0. The second-order valence-corrected chi connectivity index (χ2v) is 3.95. The summed E-state index contributed by atoms with van der Waals surface area (Å²) in [4.78, 5) is 11.7. The van der Waals surface area contributed by atoms with Crippen LogP contribution in [0, 0.1) is 11.6 Å². The van der Waals surface area contributed by atoms with Crippen LogP contribution in [0.1, 0.15) is 15.9 Å². The van der Waals surface area contributed by atoms with Crippen LogP contribution < -0.4 is 5.73 Å². The van der Waals surface area contributed by atoms with Gasteiger partial charge in [-0.25, -0.2) is 13.6 Å². The quantitative estimate of drug-likeness (QED) is 0.684. The Balaban J connectivity index is 2.00. The molecular weight excluding hydrogens is 252 g/mol. The van der Waals surface area contributed by atoms with Gasteiger partial charge in [-0.15, -0.1) is 0 Å². The summed E-state index contributed by atoms with van der Waals surface area (Å²) in [5.74, 6) is -2.46. The summed E-state index contributed by atoms with van der Waals surface area (Å²) in [6.45, 7) is -0.125. The van der Waals surface area contributed by atoms with Crippen molar-refractivity contribution in [2.45, 2.75) is 6.61 Å². The van der Waals surface area contributed by atoms with Gasteiger partial charge in [0.25, 0.3) is 0 Å². The fraction of sp³-hybridized carbons (Fsp3) is 0.0714. The molecule has 2 rings (SSSR count). The number of carbonyl (C=O) groups excluding carboxylic acids is 1. The summed E-state index contributed by atoms with van der Waals surface area (Å²) in [6, 6.07) is 9.55. The minimum absolute atomic E-state index is 0.125. The first-order valence-electron chi connectivity index (χ1n) is 5.53. The summed E-state index contributed by atoms with van der Waals surface area (Å²) in [7, 11) is 0. The number of hydrogen-bond donors (Lipinski definition) is 1. The normalized spacial score (nSPS) is 10.2. The lowest BCUT2D eigenvalue weighted by molar-refractivity contribution is 0.0472. The predicted molar refractivity (Wildman–Crippen MR) is 66.3 cm³/mol. The van der Waals surface area contributed by atoms with E-state index in [1.807, 2.05) is 0 Å². The van der Waals surface area contributed by atoms with E-state index in [2.05, 4.69) is 0 Å². The molecule has 0 spiro atoms. The maximum Gasteiger partial charge on any atom is 0.338 e. The van der Waals surface area contributed by atoms with Crippen molar-refractivity contribution in [3.8, 4) is 0 Å². The maximum absolute atomic E-state index is 12.9. The zero-order chi connectivity index (χ0) is 13.8. The molecule has 98 valence electrons. The molecule has 2 N–H and O–H groups in total. The Morgan fingerprint density at radius 1 is 1.05 bits per heavy atom. The summed E-state index contributed by atoms with van der Waals surface area (Å²) >= 11 is 0. The Morgan fingerprint density at radius 2 is 1.74 bits per heavy atom. The van der Waals surface area contributed by atoms with Crippen LogP contribution in [0.5, 0.6) is 0 Å². The van der Waals surface area contributed by atoms with E-state index in [0.717, 1.165) is 12.1 Å². The van der Waals surface area contributed by atoms with Crippen LogP contribution in [0.4, 0.5) is 14.5 Å². The van der Waals surface area contributed by atoms with Crippen molar-refractivity contribution < 1.29 is 18.3 Å². The fourth-order valence-electron chi connectivity index (χ4n) is 1.48.